The van der Waals surface area contributed by atoms with Gasteiger partial charge in [0.15, 0.2) is 11.5 Å². The van der Waals surface area contributed by atoms with Crippen molar-refractivity contribution in [2.75, 3.05) is 34.9 Å². The van der Waals surface area contributed by atoms with Gasteiger partial charge >= 0.3 is 0 Å². The zero-order chi connectivity index (χ0) is 23.1. The Morgan fingerprint density at radius 3 is 2.59 bits per heavy atom. The highest BCUT2D eigenvalue weighted by Gasteiger charge is 2.18. The number of methoxy groups -OCH3 is 2. The number of carbonyl (C=O) groups excluding carboxylic acids is 1. The fourth-order valence-electron chi connectivity index (χ4n) is 3.28. The standard InChI is InChI=1S/C23H27ClN4O4/c1-28(2)18(16-7-5-6-8-17(16)24)14-25-21(29)11-12-22-26-23(27-32-22)15-9-10-19(30-3)20(13-15)31-4/h5-10,13,18H,11-12,14H2,1-4H3,(H,25,29). The van der Waals surface area contributed by atoms with Gasteiger partial charge < -0.3 is 24.2 Å². The Hall–Kier alpha value is -3.10. The summed E-state index contributed by atoms with van der Waals surface area (Å²) in [6.07, 6.45) is 0.571. The van der Waals surface area contributed by atoms with Gasteiger partial charge in [-0.05, 0) is 43.9 Å². The minimum Gasteiger partial charge on any atom is -0.493 e. The normalized spacial score (nSPS) is 11.9. The zero-order valence-corrected chi connectivity index (χ0v) is 19.3. The second-order valence-corrected chi connectivity index (χ2v) is 7.79. The molecule has 170 valence electrons. The lowest BCUT2D eigenvalue weighted by molar-refractivity contribution is -0.121. The number of benzene rings is 2. The Kier molecular flexibility index (Phi) is 8.08. The Labute approximate surface area is 192 Å². The molecule has 0 aliphatic heterocycles. The number of hydrogen-bond acceptors (Lipinski definition) is 7. The first kappa shape index (κ1) is 23.6. The summed E-state index contributed by atoms with van der Waals surface area (Å²) in [6.45, 7) is 0.441. The molecule has 1 atom stereocenters. The molecule has 8 nitrogen and oxygen atoms in total. The molecule has 32 heavy (non-hydrogen) atoms. The molecule has 2 aromatic carbocycles. The van der Waals surface area contributed by atoms with E-state index in [1.54, 1.807) is 26.4 Å². The molecule has 1 heterocycles. The lowest BCUT2D eigenvalue weighted by Gasteiger charge is -2.26. The van der Waals surface area contributed by atoms with E-state index in [0.717, 1.165) is 11.1 Å². The highest BCUT2D eigenvalue weighted by Crippen LogP contribution is 2.31. The van der Waals surface area contributed by atoms with Gasteiger partial charge in [0, 0.05) is 30.0 Å². The van der Waals surface area contributed by atoms with E-state index in [0.29, 0.717) is 41.2 Å². The van der Waals surface area contributed by atoms with Gasteiger partial charge in [-0.25, -0.2) is 0 Å². The van der Waals surface area contributed by atoms with E-state index in [1.165, 1.54) is 0 Å². The third kappa shape index (κ3) is 5.77. The fourth-order valence-corrected chi connectivity index (χ4v) is 3.55. The molecule has 1 N–H and O–H groups in total. The molecule has 0 bridgehead atoms. The van der Waals surface area contributed by atoms with Crippen LogP contribution in [0.15, 0.2) is 47.0 Å². The van der Waals surface area contributed by atoms with E-state index in [9.17, 15) is 4.79 Å². The van der Waals surface area contributed by atoms with Gasteiger partial charge in [-0.1, -0.05) is 35.0 Å². The maximum Gasteiger partial charge on any atom is 0.227 e. The molecule has 1 amide bonds. The summed E-state index contributed by atoms with van der Waals surface area (Å²) in [5.74, 6) is 1.90. The van der Waals surface area contributed by atoms with Crippen LogP contribution in [0, 0.1) is 0 Å². The van der Waals surface area contributed by atoms with Crippen LogP contribution in [0.5, 0.6) is 11.5 Å². The lowest BCUT2D eigenvalue weighted by Crippen LogP contribution is -2.34. The molecular weight excluding hydrogens is 432 g/mol. The number of hydrogen-bond donors (Lipinski definition) is 1. The average Bonchev–Trinajstić information content (AvgIpc) is 3.27. The van der Waals surface area contributed by atoms with Crippen LogP contribution in [0.1, 0.15) is 23.9 Å². The predicted octanol–water partition coefficient (Wildman–Crippen LogP) is 3.76. The van der Waals surface area contributed by atoms with Crippen molar-refractivity contribution in [3.05, 3.63) is 58.9 Å². The number of rotatable bonds is 10. The average molecular weight is 459 g/mol. The third-order valence-corrected chi connectivity index (χ3v) is 5.40. The van der Waals surface area contributed by atoms with Crippen molar-refractivity contribution in [3.8, 4) is 22.9 Å². The van der Waals surface area contributed by atoms with E-state index >= 15 is 0 Å². The second-order valence-electron chi connectivity index (χ2n) is 7.39. The monoisotopic (exact) mass is 458 g/mol. The van der Waals surface area contributed by atoms with Crippen molar-refractivity contribution in [2.45, 2.75) is 18.9 Å². The number of aryl methyl sites for hydroxylation is 1. The number of aromatic nitrogens is 2. The van der Waals surface area contributed by atoms with Gasteiger partial charge in [0.25, 0.3) is 0 Å². The van der Waals surface area contributed by atoms with Crippen LogP contribution in [0.25, 0.3) is 11.4 Å². The molecule has 1 unspecified atom stereocenters. The van der Waals surface area contributed by atoms with Crippen molar-refractivity contribution < 1.29 is 18.8 Å². The van der Waals surface area contributed by atoms with Crippen molar-refractivity contribution in [1.29, 1.82) is 0 Å². The van der Waals surface area contributed by atoms with Crippen LogP contribution in [0.2, 0.25) is 5.02 Å². The van der Waals surface area contributed by atoms with E-state index in [1.807, 2.05) is 49.3 Å². The topological polar surface area (TPSA) is 89.7 Å². The number of nitrogens with one attached hydrogen (secondary N) is 1. The number of nitrogens with zero attached hydrogens (tertiary/aromatic N) is 3. The molecule has 0 aliphatic carbocycles. The van der Waals surface area contributed by atoms with E-state index in [-0.39, 0.29) is 18.4 Å². The van der Waals surface area contributed by atoms with Gasteiger partial charge in [-0.3, -0.25) is 4.79 Å². The van der Waals surface area contributed by atoms with Crippen LogP contribution in [0.4, 0.5) is 0 Å². The maximum atomic E-state index is 12.4. The van der Waals surface area contributed by atoms with Gasteiger partial charge in [0.2, 0.25) is 17.6 Å². The quantitative estimate of drug-likeness (QED) is 0.494. The second kappa shape index (κ2) is 11.0. The Morgan fingerprint density at radius 2 is 1.91 bits per heavy atom. The molecule has 1 aromatic heterocycles. The highest BCUT2D eigenvalue weighted by atomic mass is 35.5. The van der Waals surface area contributed by atoms with Crippen molar-refractivity contribution in [2.24, 2.45) is 0 Å². The first-order valence-corrected chi connectivity index (χ1v) is 10.5. The van der Waals surface area contributed by atoms with Crippen LogP contribution in [-0.2, 0) is 11.2 Å². The molecule has 0 aliphatic rings. The number of ether oxygens (including phenoxy) is 2. The third-order valence-electron chi connectivity index (χ3n) is 5.06. The maximum absolute atomic E-state index is 12.4. The smallest absolute Gasteiger partial charge is 0.227 e. The van der Waals surface area contributed by atoms with Gasteiger partial charge in [0.05, 0.1) is 20.3 Å². The molecule has 0 spiro atoms. The van der Waals surface area contributed by atoms with Crippen LogP contribution in [0.3, 0.4) is 0 Å². The summed E-state index contributed by atoms with van der Waals surface area (Å²) >= 11 is 6.33. The largest absolute Gasteiger partial charge is 0.493 e. The number of likely N-dealkylation sites (N-methyl/N-ethyl adjacent to an activating group) is 1. The van der Waals surface area contributed by atoms with Crippen LogP contribution < -0.4 is 14.8 Å². The van der Waals surface area contributed by atoms with Crippen molar-refractivity contribution >= 4 is 17.5 Å². The van der Waals surface area contributed by atoms with E-state index < -0.39 is 0 Å². The van der Waals surface area contributed by atoms with Crippen molar-refractivity contribution in [1.82, 2.24) is 20.4 Å². The molecule has 3 rings (SSSR count). The Bertz CT molecular complexity index is 1050. The fraction of sp³-hybridized carbons (Fsp3) is 0.348. The molecular formula is C23H27ClN4O4. The minimum atomic E-state index is -0.102. The number of carbonyl (C=O) groups is 1. The summed E-state index contributed by atoms with van der Waals surface area (Å²) in [5, 5.41) is 7.65. The first-order valence-electron chi connectivity index (χ1n) is 10.2. The van der Waals surface area contributed by atoms with Crippen molar-refractivity contribution in [3.63, 3.8) is 0 Å². The summed E-state index contributed by atoms with van der Waals surface area (Å²) in [6, 6.07) is 13.0. The van der Waals surface area contributed by atoms with Gasteiger partial charge in [-0.15, -0.1) is 0 Å². The first-order chi connectivity index (χ1) is 15.4. The van der Waals surface area contributed by atoms with Crippen LogP contribution >= 0.6 is 11.6 Å². The molecule has 0 radical (unpaired) electrons. The lowest BCUT2D eigenvalue weighted by atomic mass is 10.1. The summed E-state index contributed by atoms with van der Waals surface area (Å²) < 4.78 is 15.9. The minimum absolute atomic E-state index is 0.0345. The molecule has 9 heteroatoms. The van der Waals surface area contributed by atoms with Gasteiger partial charge in [-0.2, -0.15) is 4.98 Å². The molecule has 0 saturated heterocycles. The predicted molar refractivity (Wildman–Crippen MR) is 122 cm³/mol. The van der Waals surface area contributed by atoms with Gasteiger partial charge in [0.1, 0.15) is 0 Å². The van der Waals surface area contributed by atoms with Crippen LogP contribution in [-0.4, -0.2) is 55.8 Å². The zero-order valence-electron chi connectivity index (χ0n) is 18.6. The number of amides is 1. The highest BCUT2D eigenvalue weighted by molar-refractivity contribution is 6.31. The summed E-state index contributed by atoms with van der Waals surface area (Å²) in [7, 11) is 7.04. The SMILES string of the molecule is COc1ccc(-c2noc(CCC(=O)NCC(c3ccccc3Cl)N(C)C)n2)cc1OC. The van der Waals surface area contributed by atoms with E-state index in [4.69, 9.17) is 25.6 Å². The van der Waals surface area contributed by atoms with E-state index in [2.05, 4.69) is 15.5 Å². The Balaban J connectivity index is 1.57. The summed E-state index contributed by atoms with van der Waals surface area (Å²) in [4.78, 5) is 18.8. The summed E-state index contributed by atoms with van der Waals surface area (Å²) in [5.41, 5.74) is 1.70. The molecule has 3 aromatic rings. The number of halogens is 1. The molecule has 0 fully saturated rings. The molecule has 0 saturated carbocycles. The Morgan fingerprint density at radius 1 is 1.16 bits per heavy atom.